The van der Waals surface area contributed by atoms with Crippen LogP contribution in [0.5, 0.6) is 28.7 Å². The number of rotatable bonds is 14. The molecule has 8 nitrogen and oxygen atoms in total. The molecule has 3 aromatic carbocycles. The van der Waals surface area contributed by atoms with Crippen molar-refractivity contribution in [2.75, 3.05) is 60.3 Å². The lowest BCUT2D eigenvalue weighted by Gasteiger charge is -2.26. The molecule has 0 spiro atoms. The van der Waals surface area contributed by atoms with Gasteiger partial charge in [-0.3, -0.25) is 9.69 Å². The van der Waals surface area contributed by atoms with E-state index in [-0.39, 0.29) is 35.3 Å². The van der Waals surface area contributed by atoms with E-state index in [9.17, 15) is 9.90 Å². The van der Waals surface area contributed by atoms with Gasteiger partial charge in [-0.15, -0.1) is 12.4 Å². The van der Waals surface area contributed by atoms with Crippen molar-refractivity contribution < 1.29 is 33.6 Å². The minimum absolute atomic E-state index is 0. The number of aromatic hydroxyl groups is 1. The minimum atomic E-state index is -0.337. The predicted molar refractivity (Wildman–Crippen MR) is 172 cm³/mol. The third-order valence-corrected chi connectivity index (χ3v) is 6.57. The highest BCUT2D eigenvalue weighted by atomic mass is 35.5. The summed E-state index contributed by atoms with van der Waals surface area (Å²) in [5, 5.41) is 9.99. The molecule has 0 atom stereocenters. The van der Waals surface area contributed by atoms with Gasteiger partial charge in [0.2, 0.25) is 0 Å². The number of benzene rings is 3. The summed E-state index contributed by atoms with van der Waals surface area (Å²) in [4.78, 5) is 14.7. The first-order valence-corrected chi connectivity index (χ1v) is 14.4. The van der Waals surface area contributed by atoms with Crippen LogP contribution in [0.1, 0.15) is 42.1 Å². The van der Waals surface area contributed by atoms with E-state index in [1.807, 2.05) is 54.6 Å². The molecule has 0 radical (unpaired) electrons. The van der Waals surface area contributed by atoms with Crippen molar-refractivity contribution in [2.45, 2.75) is 26.2 Å². The zero-order valence-electron chi connectivity index (χ0n) is 25.3. The number of nitrogens with zero attached hydrogens (tertiary/aromatic N) is 1. The highest BCUT2D eigenvalue weighted by molar-refractivity contribution is 6.10. The van der Waals surface area contributed by atoms with Gasteiger partial charge in [0.1, 0.15) is 34.3 Å². The number of allylic oxidation sites excluding steroid dienone is 1. The second-order valence-electron chi connectivity index (χ2n) is 9.66. The topological polar surface area (TPSA) is 86.7 Å². The zero-order chi connectivity index (χ0) is 30.0. The molecule has 0 saturated carbocycles. The molecule has 0 amide bonds. The van der Waals surface area contributed by atoms with Gasteiger partial charge >= 0.3 is 0 Å². The number of carbonyl (C=O) groups excluding carboxylic acids is 1. The van der Waals surface area contributed by atoms with Crippen LogP contribution in [-0.2, 0) is 4.74 Å². The number of morpholine rings is 1. The molecule has 3 aromatic rings. The van der Waals surface area contributed by atoms with Gasteiger partial charge in [0.05, 0.1) is 40.6 Å². The zero-order valence-corrected chi connectivity index (χ0v) is 26.1. The summed E-state index contributed by atoms with van der Waals surface area (Å²) < 4.78 is 26.9. The summed E-state index contributed by atoms with van der Waals surface area (Å²) in [7, 11) is 2.91. The molecule has 43 heavy (non-hydrogen) atoms. The van der Waals surface area contributed by atoms with Crippen LogP contribution in [-0.4, -0.2) is 76.1 Å². The lowest BCUT2D eigenvalue weighted by atomic mass is 10.1. The molecule has 0 aromatic heterocycles. The third kappa shape index (κ3) is 12.6. The fraction of sp³-hybridized carbons (Fsp3) is 0.382. The van der Waals surface area contributed by atoms with E-state index >= 15 is 0 Å². The number of unbranched alkanes of at least 4 members (excludes halogenated alkanes) is 1. The largest absolute Gasteiger partial charge is 0.507 e. The van der Waals surface area contributed by atoms with Gasteiger partial charge in [-0.2, -0.15) is 0 Å². The van der Waals surface area contributed by atoms with Crippen molar-refractivity contribution in [1.29, 1.82) is 0 Å². The number of hydrogen-bond acceptors (Lipinski definition) is 8. The van der Waals surface area contributed by atoms with Crippen LogP contribution in [0.15, 0.2) is 72.8 Å². The summed E-state index contributed by atoms with van der Waals surface area (Å²) in [5.74, 6) is 2.02. The molecular formula is C34H44ClNO7. The van der Waals surface area contributed by atoms with Crippen LogP contribution >= 0.6 is 12.4 Å². The molecule has 1 N–H and O–H groups in total. The van der Waals surface area contributed by atoms with E-state index in [4.69, 9.17) is 23.7 Å². The Hall–Kier alpha value is -3.72. The SMILES string of the molecule is CCCCOc1ccc(OCCCN2CCOCC2)cc1.COc1cc(O)c(C(=O)C=Cc2ccccc2)c(OC)c1.Cl. The molecule has 1 saturated heterocycles. The summed E-state index contributed by atoms with van der Waals surface area (Å²) in [6.45, 7) is 8.61. The average molecular weight is 614 g/mol. The Balaban J connectivity index is 0.000000293. The van der Waals surface area contributed by atoms with E-state index in [1.54, 1.807) is 12.1 Å². The van der Waals surface area contributed by atoms with Gasteiger partial charge in [0, 0.05) is 31.8 Å². The second-order valence-corrected chi connectivity index (χ2v) is 9.66. The highest BCUT2D eigenvalue weighted by Gasteiger charge is 2.17. The Labute approximate surface area is 261 Å². The Kier molecular flexibility index (Phi) is 16.7. The van der Waals surface area contributed by atoms with Crippen LogP contribution in [0.2, 0.25) is 0 Å². The van der Waals surface area contributed by atoms with Gasteiger partial charge in [0.25, 0.3) is 0 Å². The Morgan fingerprint density at radius 2 is 1.51 bits per heavy atom. The smallest absolute Gasteiger partial charge is 0.193 e. The van der Waals surface area contributed by atoms with E-state index in [1.165, 1.54) is 26.4 Å². The van der Waals surface area contributed by atoms with E-state index in [2.05, 4.69) is 11.8 Å². The maximum atomic E-state index is 12.3. The summed E-state index contributed by atoms with van der Waals surface area (Å²) in [5.41, 5.74) is 1.02. The molecule has 1 aliphatic rings. The van der Waals surface area contributed by atoms with Crippen molar-refractivity contribution in [3.8, 4) is 28.7 Å². The highest BCUT2D eigenvalue weighted by Crippen LogP contribution is 2.33. The van der Waals surface area contributed by atoms with E-state index in [0.29, 0.717) is 5.75 Å². The molecule has 1 heterocycles. The van der Waals surface area contributed by atoms with E-state index in [0.717, 1.165) is 82.4 Å². The maximum Gasteiger partial charge on any atom is 0.193 e. The Morgan fingerprint density at radius 3 is 2.09 bits per heavy atom. The van der Waals surface area contributed by atoms with Crippen molar-refractivity contribution >= 4 is 24.3 Å². The standard InChI is InChI=1S/C17H27NO3.C17H16O4.ClH/c1-2-3-12-20-16-5-7-17(8-6-16)21-13-4-9-18-10-14-19-15-11-18;1-20-13-10-15(19)17(16(11-13)21-2)14(18)9-8-12-6-4-3-5-7-12;/h5-8H,2-4,9-15H2,1H3;3-11,19H,1-2H3;1H. The Bertz CT molecular complexity index is 1230. The second kappa shape index (κ2) is 20.2. The number of halogens is 1. The average Bonchev–Trinajstić information content (AvgIpc) is 3.03. The lowest BCUT2D eigenvalue weighted by Crippen LogP contribution is -2.37. The monoisotopic (exact) mass is 613 g/mol. The summed E-state index contributed by atoms with van der Waals surface area (Å²) in [6, 6.07) is 20.3. The van der Waals surface area contributed by atoms with E-state index < -0.39 is 0 Å². The first kappa shape index (κ1) is 35.5. The Morgan fingerprint density at radius 1 is 0.884 bits per heavy atom. The lowest BCUT2D eigenvalue weighted by molar-refractivity contribution is 0.0358. The molecule has 1 aliphatic heterocycles. The summed E-state index contributed by atoms with van der Waals surface area (Å²) in [6.07, 6.45) is 6.39. The van der Waals surface area contributed by atoms with Crippen molar-refractivity contribution in [3.05, 3.63) is 83.9 Å². The number of ether oxygens (including phenoxy) is 5. The predicted octanol–water partition coefficient (Wildman–Crippen LogP) is 6.69. The van der Waals surface area contributed by atoms with Gasteiger partial charge in [-0.25, -0.2) is 0 Å². The van der Waals surface area contributed by atoms with Crippen LogP contribution in [0, 0.1) is 0 Å². The normalized spacial score (nSPS) is 12.9. The fourth-order valence-corrected chi connectivity index (χ4v) is 4.19. The summed E-state index contributed by atoms with van der Waals surface area (Å²) >= 11 is 0. The molecule has 234 valence electrons. The van der Waals surface area contributed by atoms with Gasteiger partial charge in [0.15, 0.2) is 5.78 Å². The van der Waals surface area contributed by atoms with Crippen LogP contribution in [0.3, 0.4) is 0 Å². The van der Waals surface area contributed by atoms with Crippen LogP contribution < -0.4 is 18.9 Å². The number of ketones is 1. The molecule has 1 fully saturated rings. The fourth-order valence-electron chi connectivity index (χ4n) is 4.19. The molecule has 0 unspecified atom stereocenters. The van der Waals surface area contributed by atoms with Gasteiger partial charge in [-0.05, 0) is 48.7 Å². The number of carbonyl (C=O) groups is 1. The molecule has 0 bridgehead atoms. The molecule has 0 aliphatic carbocycles. The minimum Gasteiger partial charge on any atom is -0.507 e. The first-order valence-electron chi connectivity index (χ1n) is 14.4. The molecular weight excluding hydrogens is 570 g/mol. The van der Waals surface area contributed by atoms with Crippen molar-refractivity contribution in [3.63, 3.8) is 0 Å². The number of methoxy groups -OCH3 is 2. The quantitative estimate of drug-likeness (QED) is 0.122. The maximum absolute atomic E-state index is 12.3. The van der Waals surface area contributed by atoms with Crippen molar-refractivity contribution in [1.82, 2.24) is 4.90 Å². The third-order valence-electron chi connectivity index (χ3n) is 6.57. The molecule has 9 heteroatoms. The first-order chi connectivity index (χ1) is 20.5. The van der Waals surface area contributed by atoms with Crippen molar-refractivity contribution in [2.24, 2.45) is 0 Å². The van der Waals surface area contributed by atoms with Gasteiger partial charge < -0.3 is 28.8 Å². The van der Waals surface area contributed by atoms with Crippen LogP contribution in [0.25, 0.3) is 6.08 Å². The van der Waals surface area contributed by atoms with Gasteiger partial charge in [-0.1, -0.05) is 49.8 Å². The number of hydrogen-bond donors (Lipinski definition) is 1. The van der Waals surface area contributed by atoms with Crippen LogP contribution in [0.4, 0.5) is 0 Å². The molecule has 4 rings (SSSR count). The number of phenols is 1. The number of phenolic OH excluding ortho intramolecular Hbond substituents is 1.